The summed E-state index contributed by atoms with van der Waals surface area (Å²) in [7, 11) is -2.99. The molecule has 1 heterocycles. The molecule has 0 saturated carbocycles. The number of nitrogens with zero attached hydrogens (tertiary/aromatic N) is 2. The third kappa shape index (κ3) is 6.61. The number of aromatic nitrogens is 2. The minimum atomic E-state index is -2.99. The van der Waals surface area contributed by atoms with Crippen molar-refractivity contribution >= 4 is 9.84 Å². The average molecular weight is 315 g/mol. The van der Waals surface area contributed by atoms with E-state index in [9.17, 15) is 8.42 Å². The fourth-order valence-corrected chi connectivity index (χ4v) is 3.48. The number of rotatable bonds is 10. The maximum absolute atomic E-state index is 11.5. The normalized spacial score (nSPS) is 13.8. The van der Waals surface area contributed by atoms with Gasteiger partial charge in [-0.05, 0) is 31.9 Å². The van der Waals surface area contributed by atoms with Crippen LogP contribution in [0, 0.1) is 0 Å². The van der Waals surface area contributed by atoms with E-state index in [0.29, 0.717) is 12.5 Å². The van der Waals surface area contributed by atoms with Gasteiger partial charge in [-0.2, -0.15) is 5.10 Å². The molecule has 1 N–H and O–H groups in total. The standard InChI is InChI=1S/C15H29N3O2S/c1-5-9-16-14(12-21(4,19)20)11-13-8-10-18(17-13)15(6-2)7-3/h8,10,14-16H,5-7,9,11-12H2,1-4H3. The molecule has 0 aliphatic carbocycles. The molecule has 0 fully saturated rings. The summed E-state index contributed by atoms with van der Waals surface area (Å²) >= 11 is 0. The van der Waals surface area contributed by atoms with E-state index < -0.39 is 9.84 Å². The molecule has 1 rings (SSSR count). The van der Waals surface area contributed by atoms with Crippen LogP contribution in [0.15, 0.2) is 12.3 Å². The smallest absolute Gasteiger partial charge is 0.148 e. The number of sulfone groups is 1. The fourth-order valence-electron chi connectivity index (χ4n) is 2.51. The van der Waals surface area contributed by atoms with Crippen LogP contribution < -0.4 is 5.32 Å². The lowest BCUT2D eigenvalue weighted by Crippen LogP contribution is -2.37. The van der Waals surface area contributed by atoms with Crippen molar-refractivity contribution in [2.45, 2.75) is 58.5 Å². The molecule has 0 amide bonds. The van der Waals surface area contributed by atoms with Gasteiger partial charge in [0.25, 0.3) is 0 Å². The van der Waals surface area contributed by atoms with Gasteiger partial charge in [-0.25, -0.2) is 8.42 Å². The summed E-state index contributed by atoms with van der Waals surface area (Å²) in [5, 5.41) is 7.92. The van der Waals surface area contributed by atoms with E-state index in [2.05, 4.69) is 31.2 Å². The predicted molar refractivity (Wildman–Crippen MR) is 87.3 cm³/mol. The van der Waals surface area contributed by atoms with Crippen molar-refractivity contribution in [3.8, 4) is 0 Å². The van der Waals surface area contributed by atoms with Gasteiger partial charge < -0.3 is 5.32 Å². The highest BCUT2D eigenvalue weighted by atomic mass is 32.2. The van der Waals surface area contributed by atoms with Crippen molar-refractivity contribution < 1.29 is 8.42 Å². The van der Waals surface area contributed by atoms with E-state index in [4.69, 9.17) is 0 Å². The van der Waals surface area contributed by atoms with Gasteiger partial charge in [0.05, 0.1) is 17.5 Å². The maximum Gasteiger partial charge on any atom is 0.148 e. The van der Waals surface area contributed by atoms with E-state index >= 15 is 0 Å². The second-order valence-corrected chi connectivity index (χ2v) is 7.89. The van der Waals surface area contributed by atoms with Crippen molar-refractivity contribution in [1.29, 1.82) is 0 Å². The molecule has 1 unspecified atom stereocenters. The molecule has 0 aliphatic rings. The molecule has 0 radical (unpaired) electrons. The summed E-state index contributed by atoms with van der Waals surface area (Å²) in [6.45, 7) is 7.22. The quantitative estimate of drug-likeness (QED) is 0.719. The van der Waals surface area contributed by atoms with Gasteiger partial charge in [-0.3, -0.25) is 4.68 Å². The van der Waals surface area contributed by atoms with E-state index in [-0.39, 0.29) is 11.8 Å². The van der Waals surface area contributed by atoms with E-state index in [1.165, 1.54) is 6.26 Å². The number of hydrogen-bond donors (Lipinski definition) is 1. The lowest BCUT2D eigenvalue weighted by Gasteiger charge is -2.17. The van der Waals surface area contributed by atoms with Crippen LogP contribution in [-0.2, 0) is 16.3 Å². The number of hydrogen-bond acceptors (Lipinski definition) is 4. The Morgan fingerprint density at radius 2 is 1.95 bits per heavy atom. The van der Waals surface area contributed by atoms with Crippen molar-refractivity contribution in [2.75, 3.05) is 18.6 Å². The first-order chi connectivity index (χ1) is 9.89. The molecule has 6 heteroatoms. The molecule has 122 valence electrons. The molecule has 0 aromatic carbocycles. The van der Waals surface area contributed by atoms with Crippen LogP contribution in [0.2, 0.25) is 0 Å². The zero-order valence-corrected chi connectivity index (χ0v) is 14.5. The molecule has 0 aliphatic heterocycles. The van der Waals surface area contributed by atoms with E-state index in [1.54, 1.807) is 0 Å². The second kappa shape index (κ2) is 8.54. The Morgan fingerprint density at radius 1 is 1.29 bits per heavy atom. The Labute approximate surface area is 129 Å². The van der Waals surface area contributed by atoms with Gasteiger partial charge in [-0.15, -0.1) is 0 Å². The van der Waals surface area contributed by atoms with E-state index in [1.807, 2.05) is 16.9 Å². The first-order valence-corrected chi connectivity index (χ1v) is 9.90. The molecule has 5 nitrogen and oxygen atoms in total. The molecule has 1 atom stereocenters. The molecule has 0 saturated heterocycles. The zero-order chi connectivity index (χ0) is 15.9. The minimum Gasteiger partial charge on any atom is -0.313 e. The Balaban J connectivity index is 2.74. The third-order valence-electron chi connectivity index (χ3n) is 3.62. The lowest BCUT2D eigenvalue weighted by atomic mass is 10.2. The third-order valence-corrected chi connectivity index (χ3v) is 4.63. The SMILES string of the molecule is CCCNC(Cc1ccn(C(CC)CC)n1)CS(C)(=O)=O. The molecule has 0 bridgehead atoms. The topological polar surface area (TPSA) is 64.0 Å². The second-order valence-electron chi connectivity index (χ2n) is 5.70. The highest BCUT2D eigenvalue weighted by Crippen LogP contribution is 2.15. The summed E-state index contributed by atoms with van der Waals surface area (Å²) in [6, 6.07) is 2.36. The summed E-state index contributed by atoms with van der Waals surface area (Å²) in [5.74, 6) is 0.158. The summed E-state index contributed by atoms with van der Waals surface area (Å²) in [5.41, 5.74) is 0.958. The summed E-state index contributed by atoms with van der Waals surface area (Å²) < 4.78 is 25.1. The lowest BCUT2D eigenvalue weighted by molar-refractivity contribution is 0.423. The average Bonchev–Trinajstić information content (AvgIpc) is 2.84. The molecule has 0 spiro atoms. The monoisotopic (exact) mass is 315 g/mol. The largest absolute Gasteiger partial charge is 0.313 e. The molecule has 1 aromatic rings. The van der Waals surface area contributed by atoms with Crippen LogP contribution >= 0.6 is 0 Å². The highest BCUT2D eigenvalue weighted by molar-refractivity contribution is 7.90. The van der Waals surface area contributed by atoms with Gasteiger partial charge in [0, 0.05) is 24.9 Å². The van der Waals surface area contributed by atoms with Crippen LogP contribution in [0.3, 0.4) is 0 Å². The van der Waals surface area contributed by atoms with Crippen LogP contribution in [0.1, 0.15) is 51.8 Å². The fraction of sp³-hybridized carbons (Fsp3) is 0.800. The van der Waals surface area contributed by atoms with E-state index in [0.717, 1.165) is 31.5 Å². The molecular formula is C15H29N3O2S. The minimum absolute atomic E-state index is 0.0648. The first kappa shape index (κ1) is 18.2. The summed E-state index contributed by atoms with van der Waals surface area (Å²) in [6.07, 6.45) is 7.04. The first-order valence-electron chi connectivity index (χ1n) is 7.84. The van der Waals surface area contributed by atoms with Crippen molar-refractivity contribution in [1.82, 2.24) is 15.1 Å². The summed E-state index contributed by atoms with van der Waals surface area (Å²) in [4.78, 5) is 0. The van der Waals surface area contributed by atoms with Crippen molar-refractivity contribution in [2.24, 2.45) is 0 Å². The number of nitrogens with one attached hydrogen (secondary N) is 1. The maximum atomic E-state index is 11.5. The zero-order valence-electron chi connectivity index (χ0n) is 13.7. The van der Waals surface area contributed by atoms with Crippen LogP contribution in [0.4, 0.5) is 0 Å². The van der Waals surface area contributed by atoms with Gasteiger partial charge in [-0.1, -0.05) is 20.8 Å². The highest BCUT2D eigenvalue weighted by Gasteiger charge is 2.17. The van der Waals surface area contributed by atoms with Gasteiger partial charge >= 0.3 is 0 Å². The predicted octanol–water partition coefficient (Wildman–Crippen LogP) is 2.20. The van der Waals surface area contributed by atoms with Gasteiger partial charge in [0.2, 0.25) is 0 Å². The van der Waals surface area contributed by atoms with Gasteiger partial charge in [0.15, 0.2) is 0 Å². The Bertz CT molecular complexity index is 507. The Morgan fingerprint density at radius 3 is 2.48 bits per heavy atom. The Hall–Kier alpha value is -0.880. The van der Waals surface area contributed by atoms with Crippen LogP contribution in [0.25, 0.3) is 0 Å². The molecule has 1 aromatic heterocycles. The van der Waals surface area contributed by atoms with Crippen LogP contribution in [-0.4, -0.2) is 42.8 Å². The molecular weight excluding hydrogens is 286 g/mol. The van der Waals surface area contributed by atoms with Crippen LogP contribution in [0.5, 0.6) is 0 Å². The van der Waals surface area contributed by atoms with Crippen molar-refractivity contribution in [3.05, 3.63) is 18.0 Å². The van der Waals surface area contributed by atoms with Crippen molar-refractivity contribution in [3.63, 3.8) is 0 Å². The van der Waals surface area contributed by atoms with Gasteiger partial charge in [0.1, 0.15) is 9.84 Å². The molecule has 21 heavy (non-hydrogen) atoms. The Kier molecular flexibility index (Phi) is 7.39.